The minimum Gasteiger partial charge on any atom is -0.332 e. The third-order valence-electron chi connectivity index (χ3n) is 5.66. The molecule has 1 aromatic carbocycles. The van der Waals surface area contributed by atoms with Gasteiger partial charge in [-0.3, -0.25) is 9.89 Å². The fraction of sp³-hybridized carbons (Fsp3) is 0.400. The number of hydrogen-bond donors (Lipinski definition) is 1. The number of carbonyl (C=O) groups excluding carboxylic acids is 1. The third-order valence-corrected chi connectivity index (χ3v) is 6.71. The minimum atomic E-state index is 0.215. The molecule has 3 aromatic rings. The summed E-state index contributed by atoms with van der Waals surface area (Å²) >= 11 is 1.73. The molecular weight excluding hydrogens is 330 g/mol. The van der Waals surface area contributed by atoms with Crippen molar-refractivity contribution < 1.29 is 4.79 Å². The number of nitrogens with one attached hydrogen (secondary N) is 1. The molecule has 0 spiro atoms. The van der Waals surface area contributed by atoms with Crippen LogP contribution >= 0.6 is 11.3 Å². The van der Waals surface area contributed by atoms with Crippen LogP contribution in [-0.2, 0) is 12.8 Å². The van der Waals surface area contributed by atoms with Gasteiger partial charge in [0.1, 0.15) is 0 Å². The van der Waals surface area contributed by atoms with E-state index in [1.807, 2.05) is 12.3 Å². The Hall–Kier alpha value is -2.14. The number of rotatable bonds is 3. The van der Waals surface area contributed by atoms with E-state index in [1.165, 1.54) is 21.3 Å². The van der Waals surface area contributed by atoms with Crippen LogP contribution in [0.2, 0.25) is 0 Å². The average Bonchev–Trinajstić information content (AvgIpc) is 3.13. The van der Waals surface area contributed by atoms with Gasteiger partial charge in [-0.2, -0.15) is 5.10 Å². The molecular formula is C20H21N3OS. The number of hydrogen-bond acceptors (Lipinski definition) is 3. The van der Waals surface area contributed by atoms with Crippen molar-refractivity contribution in [1.82, 2.24) is 15.1 Å². The lowest BCUT2D eigenvalue weighted by Gasteiger charge is -2.35. The molecule has 128 valence electrons. The normalized spacial score (nSPS) is 19.8. The highest BCUT2D eigenvalue weighted by atomic mass is 32.1. The maximum Gasteiger partial charge on any atom is 0.254 e. The largest absolute Gasteiger partial charge is 0.332 e. The molecule has 0 radical (unpaired) electrons. The molecule has 2 aromatic heterocycles. The summed E-state index contributed by atoms with van der Waals surface area (Å²) < 4.78 is 1.24. The molecule has 1 saturated carbocycles. The van der Waals surface area contributed by atoms with Crippen LogP contribution in [0.5, 0.6) is 0 Å². The molecule has 5 rings (SSSR count). The summed E-state index contributed by atoms with van der Waals surface area (Å²) in [6.07, 6.45) is 7.15. The Bertz CT molecular complexity index is 953. The Morgan fingerprint density at radius 3 is 2.96 bits per heavy atom. The molecule has 0 saturated heterocycles. The highest BCUT2D eigenvalue weighted by Crippen LogP contribution is 2.36. The van der Waals surface area contributed by atoms with Crippen LogP contribution in [0.4, 0.5) is 0 Å². The van der Waals surface area contributed by atoms with Gasteiger partial charge in [0.05, 0.1) is 6.20 Å². The molecule has 0 aliphatic heterocycles. The van der Waals surface area contributed by atoms with Crippen LogP contribution in [-0.4, -0.2) is 33.1 Å². The predicted octanol–water partition coefficient (Wildman–Crippen LogP) is 4.09. The Balaban J connectivity index is 1.50. The number of aryl methyl sites for hydroxylation is 2. The highest BCUT2D eigenvalue weighted by Gasteiger charge is 2.39. The van der Waals surface area contributed by atoms with Gasteiger partial charge >= 0.3 is 0 Å². The van der Waals surface area contributed by atoms with Gasteiger partial charge in [-0.25, -0.2) is 0 Å². The molecule has 0 bridgehead atoms. The van der Waals surface area contributed by atoms with Gasteiger partial charge in [0.15, 0.2) is 0 Å². The number of aromatic nitrogens is 2. The first kappa shape index (κ1) is 15.1. The van der Waals surface area contributed by atoms with Gasteiger partial charge in [-0.1, -0.05) is 6.07 Å². The van der Waals surface area contributed by atoms with E-state index < -0.39 is 0 Å². The average molecular weight is 351 g/mol. The zero-order chi connectivity index (χ0) is 17.0. The molecule has 1 fully saturated rings. The molecule has 2 aliphatic rings. The molecule has 5 heteroatoms. The maximum absolute atomic E-state index is 13.5. The van der Waals surface area contributed by atoms with Gasteiger partial charge in [-0.05, 0) is 73.1 Å². The molecule has 2 heterocycles. The second-order valence-corrected chi connectivity index (χ2v) is 8.21. The molecule has 1 unspecified atom stereocenters. The van der Waals surface area contributed by atoms with Gasteiger partial charge < -0.3 is 4.90 Å². The smallest absolute Gasteiger partial charge is 0.254 e. The van der Waals surface area contributed by atoms with Gasteiger partial charge in [0, 0.05) is 28.0 Å². The zero-order valence-electron chi connectivity index (χ0n) is 14.3. The van der Waals surface area contributed by atoms with E-state index >= 15 is 0 Å². The quantitative estimate of drug-likeness (QED) is 0.772. The van der Waals surface area contributed by atoms with Crippen LogP contribution in [0.1, 0.15) is 46.4 Å². The van der Waals surface area contributed by atoms with Crippen LogP contribution in [0.15, 0.2) is 29.8 Å². The van der Waals surface area contributed by atoms with Crippen molar-refractivity contribution in [3.63, 3.8) is 0 Å². The van der Waals surface area contributed by atoms with Gasteiger partial charge in [0.2, 0.25) is 0 Å². The number of benzene rings is 1. The fourth-order valence-corrected chi connectivity index (χ4v) is 5.07. The van der Waals surface area contributed by atoms with E-state index in [-0.39, 0.29) is 5.91 Å². The van der Waals surface area contributed by atoms with Crippen LogP contribution < -0.4 is 0 Å². The van der Waals surface area contributed by atoms with Crippen molar-refractivity contribution in [2.24, 2.45) is 0 Å². The van der Waals surface area contributed by atoms with Gasteiger partial charge in [0.25, 0.3) is 5.91 Å². The number of carbonyl (C=O) groups is 1. The van der Waals surface area contributed by atoms with Crippen molar-refractivity contribution in [2.45, 2.75) is 51.1 Å². The maximum atomic E-state index is 13.5. The van der Waals surface area contributed by atoms with E-state index in [9.17, 15) is 4.79 Å². The number of thiophene rings is 1. The fourth-order valence-electron chi connectivity index (χ4n) is 4.16. The summed E-state index contributed by atoms with van der Waals surface area (Å²) in [6.45, 7) is 2.09. The summed E-state index contributed by atoms with van der Waals surface area (Å²) in [5, 5.41) is 10.6. The van der Waals surface area contributed by atoms with Crippen LogP contribution in [0.3, 0.4) is 0 Å². The van der Waals surface area contributed by atoms with Crippen molar-refractivity contribution in [3.8, 4) is 0 Å². The molecule has 1 N–H and O–H groups in total. The van der Waals surface area contributed by atoms with Crippen LogP contribution in [0, 0.1) is 6.92 Å². The molecule has 4 nitrogen and oxygen atoms in total. The Labute approximate surface area is 150 Å². The van der Waals surface area contributed by atoms with Crippen molar-refractivity contribution in [3.05, 3.63) is 52.2 Å². The summed E-state index contributed by atoms with van der Waals surface area (Å²) in [5.74, 6) is 0.215. The van der Waals surface area contributed by atoms with E-state index in [2.05, 4.69) is 39.5 Å². The monoisotopic (exact) mass is 351 g/mol. The summed E-state index contributed by atoms with van der Waals surface area (Å²) in [7, 11) is 0. The predicted molar refractivity (Wildman–Crippen MR) is 100 cm³/mol. The number of fused-ring (bicyclic) bond motifs is 2. The lowest BCUT2D eigenvalue weighted by Crippen LogP contribution is -2.45. The van der Waals surface area contributed by atoms with Crippen LogP contribution in [0.25, 0.3) is 10.1 Å². The second kappa shape index (κ2) is 5.70. The first-order valence-electron chi connectivity index (χ1n) is 9.03. The van der Waals surface area contributed by atoms with E-state index in [0.717, 1.165) is 43.2 Å². The van der Waals surface area contributed by atoms with E-state index in [4.69, 9.17) is 0 Å². The minimum absolute atomic E-state index is 0.215. The SMILES string of the molecule is Cc1c(C(=O)N(C2CC2)C2CCc3[nH]ncc3C2)ccc2ccsc12. The van der Waals surface area contributed by atoms with Crippen molar-refractivity contribution in [1.29, 1.82) is 0 Å². The third kappa shape index (κ3) is 2.49. The van der Waals surface area contributed by atoms with Gasteiger partial charge in [-0.15, -0.1) is 11.3 Å². The summed E-state index contributed by atoms with van der Waals surface area (Å²) in [5.41, 5.74) is 4.53. The first-order chi connectivity index (χ1) is 12.2. The van der Waals surface area contributed by atoms with Crippen molar-refractivity contribution in [2.75, 3.05) is 0 Å². The lowest BCUT2D eigenvalue weighted by atomic mass is 9.91. The molecule has 25 heavy (non-hydrogen) atoms. The highest BCUT2D eigenvalue weighted by molar-refractivity contribution is 7.17. The molecule has 1 amide bonds. The standard InChI is InChI=1S/C20H21N3OS/c1-12-17(6-2-13-8-9-25-19(12)13)20(24)23(15-3-4-15)16-5-7-18-14(10-16)11-21-22-18/h2,6,8-9,11,15-16H,3-5,7,10H2,1H3,(H,21,22). The number of nitrogens with zero attached hydrogens (tertiary/aromatic N) is 2. The number of amides is 1. The van der Waals surface area contributed by atoms with E-state index in [0.29, 0.717) is 12.1 Å². The second-order valence-electron chi connectivity index (χ2n) is 7.29. The van der Waals surface area contributed by atoms with Crippen molar-refractivity contribution >= 4 is 27.3 Å². The number of aromatic amines is 1. The summed E-state index contributed by atoms with van der Waals surface area (Å²) in [4.78, 5) is 15.7. The Morgan fingerprint density at radius 1 is 1.24 bits per heavy atom. The molecule has 1 atom stereocenters. The summed E-state index contributed by atoms with van der Waals surface area (Å²) in [6, 6.07) is 6.95. The Kier molecular flexibility index (Phi) is 3.45. The first-order valence-corrected chi connectivity index (χ1v) is 9.91. The van der Waals surface area contributed by atoms with E-state index in [1.54, 1.807) is 11.3 Å². The Morgan fingerprint density at radius 2 is 2.12 bits per heavy atom. The zero-order valence-corrected chi connectivity index (χ0v) is 15.1. The lowest BCUT2D eigenvalue weighted by molar-refractivity contribution is 0.0642. The topological polar surface area (TPSA) is 49.0 Å². The number of H-pyrrole nitrogens is 1. The molecule has 2 aliphatic carbocycles.